The lowest BCUT2D eigenvalue weighted by atomic mass is 10.0. The Kier molecular flexibility index (Phi) is 4.88. The number of fused-ring (bicyclic) bond motifs is 5. The van der Waals surface area contributed by atoms with E-state index < -0.39 is 0 Å². The lowest BCUT2D eigenvalue weighted by molar-refractivity contribution is 0.104. The van der Waals surface area contributed by atoms with E-state index in [0.29, 0.717) is 45.6 Å². The summed E-state index contributed by atoms with van der Waals surface area (Å²) in [6, 6.07) is 11.0. The Morgan fingerprint density at radius 3 is 2.34 bits per heavy atom. The van der Waals surface area contributed by atoms with E-state index in [9.17, 15) is 9.59 Å². The molecule has 1 heterocycles. The van der Waals surface area contributed by atoms with Gasteiger partial charge < -0.3 is 18.9 Å². The van der Waals surface area contributed by atoms with E-state index in [1.807, 2.05) is 38.4 Å². The minimum absolute atomic E-state index is 0.0609. The number of methoxy groups -OCH3 is 2. The van der Waals surface area contributed by atoms with Gasteiger partial charge in [0.05, 0.1) is 30.9 Å². The van der Waals surface area contributed by atoms with Crippen LogP contribution >= 0.6 is 0 Å². The molecule has 0 atom stereocenters. The van der Waals surface area contributed by atoms with Crippen molar-refractivity contribution >= 4 is 16.6 Å². The van der Waals surface area contributed by atoms with Crippen LogP contribution in [0.5, 0.6) is 11.5 Å². The van der Waals surface area contributed by atoms with Crippen LogP contribution in [0.4, 0.5) is 0 Å². The molecule has 6 nitrogen and oxygen atoms in total. The second kappa shape index (κ2) is 7.37. The SMILES string of the molecule is COc1ccc2c3c(n(CCCN(C)C)c(=O)c2c1OC)-c1ccccc1C3=O. The van der Waals surface area contributed by atoms with Gasteiger partial charge in [0, 0.05) is 23.1 Å². The summed E-state index contributed by atoms with van der Waals surface area (Å²) in [4.78, 5) is 29.0. The molecular formula is C23H24N2O4. The monoisotopic (exact) mass is 392 g/mol. The maximum absolute atomic E-state index is 13.6. The maximum Gasteiger partial charge on any atom is 0.262 e. The molecule has 0 saturated heterocycles. The molecule has 0 unspecified atom stereocenters. The summed E-state index contributed by atoms with van der Waals surface area (Å²) >= 11 is 0. The van der Waals surface area contributed by atoms with Gasteiger partial charge in [0.2, 0.25) is 0 Å². The number of benzene rings is 2. The van der Waals surface area contributed by atoms with Gasteiger partial charge in [-0.2, -0.15) is 0 Å². The lowest BCUT2D eigenvalue weighted by Crippen LogP contribution is -2.26. The molecule has 6 heteroatoms. The Morgan fingerprint density at radius 1 is 0.966 bits per heavy atom. The summed E-state index contributed by atoms with van der Waals surface area (Å²) in [5, 5.41) is 0.990. The topological polar surface area (TPSA) is 60.8 Å². The number of aromatic nitrogens is 1. The molecule has 150 valence electrons. The quantitative estimate of drug-likeness (QED) is 0.504. The molecule has 3 aromatic rings. The van der Waals surface area contributed by atoms with Crippen molar-refractivity contribution in [2.75, 3.05) is 34.9 Å². The third-order valence-electron chi connectivity index (χ3n) is 5.42. The van der Waals surface area contributed by atoms with Crippen LogP contribution in [0, 0.1) is 0 Å². The Balaban J connectivity index is 2.08. The van der Waals surface area contributed by atoms with Gasteiger partial charge in [-0.1, -0.05) is 24.3 Å². The molecule has 0 aliphatic heterocycles. The number of ether oxygens (including phenoxy) is 2. The Labute approximate surface area is 169 Å². The van der Waals surface area contributed by atoms with E-state index in [4.69, 9.17) is 9.47 Å². The second-order valence-electron chi connectivity index (χ2n) is 7.44. The molecule has 0 radical (unpaired) electrons. The van der Waals surface area contributed by atoms with E-state index in [1.165, 1.54) is 14.2 Å². The average molecular weight is 392 g/mol. The molecule has 0 N–H and O–H groups in total. The molecule has 0 bridgehead atoms. The zero-order valence-electron chi connectivity index (χ0n) is 17.1. The smallest absolute Gasteiger partial charge is 0.262 e. The fraction of sp³-hybridized carbons (Fsp3) is 0.304. The average Bonchev–Trinajstić information content (AvgIpc) is 3.02. The summed E-state index contributed by atoms with van der Waals surface area (Å²) in [5.74, 6) is 0.775. The molecule has 0 fully saturated rings. The largest absolute Gasteiger partial charge is 0.493 e. The second-order valence-corrected chi connectivity index (χ2v) is 7.44. The first-order valence-electron chi connectivity index (χ1n) is 9.60. The van der Waals surface area contributed by atoms with Crippen molar-refractivity contribution in [1.29, 1.82) is 0 Å². The van der Waals surface area contributed by atoms with Crippen LogP contribution in [-0.4, -0.2) is 50.1 Å². The van der Waals surface area contributed by atoms with Gasteiger partial charge >= 0.3 is 0 Å². The van der Waals surface area contributed by atoms with E-state index in [0.717, 1.165) is 18.5 Å². The van der Waals surface area contributed by atoms with Crippen molar-refractivity contribution < 1.29 is 14.3 Å². The van der Waals surface area contributed by atoms with Gasteiger partial charge in [0.15, 0.2) is 17.3 Å². The van der Waals surface area contributed by atoms with Gasteiger partial charge in [0.25, 0.3) is 5.56 Å². The Morgan fingerprint density at radius 2 is 1.69 bits per heavy atom. The molecule has 0 amide bonds. The van der Waals surface area contributed by atoms with Crippen LogP contribution in [0.3, 0.4) is 0 Å². The molecule has 1 aliphatic rings. The van der Waals surface area contributed by atoms with Gasteiger partial charge in [-0.3, -0.25) is 9.59 Å². The van der Waals surface area contributed by atoms with Crippen LogP contribution in [0.2, 0.25) is 0 Å². The number of pyridine rings is 1. The van der Waals surface area contributed by atoms with Crippen LogP contribution in [0.15, 0.2) is 41.2 Å². The van der Waals surface area contributed by atoms with Crippen molar-refractivity contribution in [1.82, 2.24) is 9.47 Å². The molecule has 4 rings (SSSR count). The highest BCUT2D eigenvalue weighted by Crippen LogP contribution is 2.43. The normalized spacial score (nSPS) is 12.4. The third-order valence-corrected chi connectivity index (χ3v) is 5.42. The predicted octanol–water partition coefficient (Wildman–Crippen LogP) is 3.18. The van der Waals surface area contributed by atoms with Crippen molar-refractivity contribution in [2.24, 2.45) is 0 Å². The minimum atomic E-state index is -0.169. The molecular weight excluding hydrogens is 368 g/mol. The summed E-state index contributed by atoms with van der Waals surface area (Å²) in [6.07, 6.45) is 0.785. The lowest BCUT2D eigenvalue weighted by Gasteiger charge is -2.18. The molecule has 0 spiro atoms. The molecule has 1 aliphatic carbocycles. The standard InChI is InChI=1S/C23H24N2O4/c1-24(2)12-7-13-25-20-14-8-5-6-9-15(14)21(26)18(20)16-10-11-17(28-3)22(29-4)19(16)23(25)27/h5-6,8-11H,7,12-13H2,1-4H3. The number of rotatable bonds is 6. The van der Waals surface area contributed by atoms with Crippen molar-refractivity contribution in [3.05, 3.63) is 57.9 Å². The minimum Gasteiger partial charge on any atom is -0.493 e. The van der Waals surface area contributed by atoms with Crippen molar-refractivity contribution in [3.63, 3.8) is 0 Å². The zero-order valence-corrected chi connectivity index (χ0v) is 17.1. The zero-order chi connectivity index (χ0) is 20.7. The van der Waals surface area contributed by atoms with Gasteiger partial charge in [0.1, 0.15) is 0 Å². The number of carbonyl (C=O) groups is 1. The van der Waals surface area contributed by atoms with Crippen LogP contribution < -0.4 is 15.0 Å². The van der Waals surface area contributed by atoms with E-state index in [2.05, 4.69) is 4.90 Å². The van der Waals surface area contributed by atoms with Gasteiger partial charge in [-0.15, -0.1) is 0 Å². The van der Waals surface area contributed by atoms with Crippen LogP contribution in [-0.2, 0) is 6.54 Å². The van der Waals surface area contributed by atoms with Crippen LogP contribution in [0.1, 0.15) is 22.3 Å². The van der Waals surface area contributed by atoms with Gasteiger partial charge in [-0.05, 0) is 39.2 Å². The fourth-order valence-electron chi connectivity index (χ4n) is 4.14. The number of nitrogens with zero attached hydrogens (tertiary/aromatic N) is 2. The van der Waals surface area contributed by atoms with E-state index in [-0.39, 0.29) is 11.3 Å². The number of carbonyl (C=O) groups excluding carboxylic acids is 1. The molecule has 2 aromatic carbocycles. The molecule has 1 aromatic heterocycles. The highest BCUT2D eigenvalue weighted by molar-refractivity contribution is 6.27. The summed E-state index contributed by atoms with van der Waals surface area (Å²) in [5.41, 5.74) is 2.54. The summed E-state index contributed by atoms with van der Waals surface area (Å²) in [7, 11) is 7.05. The number of ketones is 1. The first-order chi connectivity index (χ1) is 14.0. The number of hydrogen-bond acceptors (Lipinski definition) is 5. The Bertz CT molecular complexity index is 1180. The fourth-order valence-corrected chi connectivity index (χ4v) is 4.14. The van der Waals surface area contributed by atoms with E-state index in [1.54, 1.807) is 16.7 Å². The predicted molar refractivity (Wildman–Crippen MR) is 113 cm³/mol. The van der Waals surface area contributed by atoms with Crippen molar-refractivity contribution in [2.45, 2.75) is 13.0 Å². The highest BCUT2D eigenvalue weighted by Gasteiger charge is 2.33. The Hall–Kier alpha value is -3.12. The molecule has 29 heavy (non-hydrogen) atoms. The summed E-state index contributed by atoms with van der Waals surface area (Å²) in [6.45, 7) is 1.35. The first-order valence-corrected chi connectivity index (χ1v) is 9.60. The maximum atomic E-state index is 13.6. The first kappa shape index (κ1) is 19.2. The van der Waals surface area contributed by atoms with Crippen LogP contribution in [0.25, 0.3) is 22.0 Å². The third kappa shape index (κ3) is 2.91. The number of hydrogen-bond donors (Lipinski definition) is 0. The molecule has 0 saturated carbocycles. The van der Waals surface area contributed by atoms with E-state index >= 15 is 0 Å². The highest BCUT2D eigenvalue weighted by atomic mass is 16.5. The van der Waals surface area contributed by atoms with Gasteiger partial charge in [-0.25, -0.2) is 0 Å². The van der Waals surface area contributed by atoms with Crippen molar-refractivity contribution in [3.8, 4) is 22.8 Å². The summed E-state index contributed by atoms with van der Waals surface area (Å²) < 4.78 is 12.7.